The second-order valence-electron chi connectivity index (χ2n) is 2.93. The van der Waals surface area contributed by atoms with Gasteiger partial charge in [0.1, 0.15) is 0 Å². The number of rotatable bonds is 1. The topological polar surface area (TPSA) is 0 Å². The average molecular weight is 174 g/mol. The molecule has 60 valence electrons. The Labute approximate surface area is 73.9 Å². The van der Waals surface area contributed by atoms with Gasteiger partial charge >= 0.3 is 0 Å². The Balaban J connectivity index is 2.45. The van der Waals surface area contributed by atoms with Gasteiger partial charge in [-0.15, -0.1) is 0 Å². The molecule has 12 heavy (non-hydrogen) atoms. The Morgan fingerprint density at radius 2 is 1.75 bits per heavy atom. The van der Waals surface area contributed by atoms with Crippen molar-refractivity contribution in [3.8, 4) is 5.30 Å². The van der Waals surface area contributed by atoms with E-state index in [0.29, 0.717) is 0 Å². The zero-order valence-corrected chi connectivity index (χ0v) is 7.96. The van der Waals surface area contributed by atoms with E-state index in [1.807, 2.05) is 0 Å². The van der Waals surface area contributed by atoms with Gasteiger partial charge in [-0.3, -0.25) is 0 Å². The normalized spacial score (nSPS) is 11.6. The third kappa shape index (κ3) is 1.44. The molecule has 0 aliphatic carbocycles. The van der Waals surface area contributed by atoms with Gasteiger partial charge in [-0.1, -0.05) is 43.9 Å². The van der Waals surface area contributed by atoms with E-state index in [1.54, 1.807) is 0 Å². The molecule has 2 rings (SSSR count). The summed E-state index contributed by atoms with van der Waals surface area (Å²) in [6.45, 7) is 2.15. The molecule has 1 aromatic carbocycles. The van der Waals surface area contributed by atoms with Gasteiger partial charge in [0.25, 0.3) is 0 Å². The molecule has 2 aromatic rings. The first-order valence-electron chi connectivity index (χ1n) is 4.06. The smallest absolute Gasteiger partial charge is 0.00218 e. The second kappa shape index (κ2) is 3.16. The van der Waals surface area contributed by atoms with Gasteiger partial charge < -0.3 is 0 Å². The minimum Gasteiger partial charge on any atom is -0.0931 e. The van der Waals surface area contributed by atoms with E-state index < -0.39 is 0 Å². The van der Waals surface area contributed by atoms with Gasteiger partial charge in [0.2, 0.25) is 0 Å². The highest BCUT2D eigenvalue weighted by Crippen LogP contribution is 2.39. The molecule has 1 heterocycles. The highest BCUT2D eigenvalue weighted by Gasteiger charge is 1.95. The van der Waals surface area contributed by atoms with Crippen LogP contribution in [0, 0.1) is 6.92 Å². The molecule has 1 aromatic heterocycles. The lowest BCUT2D eigenvalue weighted by atomic mass is 10.4. The summed E-state index contributed by atoms with van der Waals surface area (Å²) in [5.74, 6) is 4.66. The minimum atomic E-state index is -0.122. The Hall–Kier alpha value is -1.00. The van der Waals surface area contributed by atoms with Crippen LogP contribution < -0.4 is 0 Å². The van der Waals surface area contributed by atoms with E-state index in [1.165, 1.54) is 10.9 Å². The highest BCUT2D eigenvalue weighted by atomic mass is 31.1. The number of aryl methyl sites for hydroxylation is 1. The summed E-state index contributed by atoms with van der Waals surface area (Å²) in [7, 11) is -0.122. The van der Waals surface area contributed by atoms with Crippen LogP contribution in [0.5, 0.6) is 0 Å². The number of hydrogen-bond acceptors (Lipinski definition) is 0. The van der Waals surface area contributed by atoms with Gasteiger partial charge in [0.15, 0.2) is 0 Å². The zero-order valence-electron chi connectivity index (χ0n) is 7.07. The summed E-state index contributed by atoms with van der Waals surface area (Å²) < 4.78 is 0. The van der Waals surface area contributed by atoms with Crippen LogP contribution in [0.1, 0.15) is 5.56 Å². The molecule has 0 spiro atoms. The van der Waals surface area contributed by atoms with E-state index in [4.69, 9.17) is 0 Å². The molecule has 0 nitrogen and oxygen atoms in total. The van der Waals surface area contributed by atoms with Crippen LogP contribution >= 0.6 is 7.53 Å². The molecule has 1 heteroatoms. The van der Waals surface area contributed by atoms with E-state index >= 15 is 0 Å². The SMILES string of the molecule is Cc1ccp(-c2ccccc2)c1. The van der Waals surface area contributed by atoms with Crippen molar-refractivity contribution in [1.29, 1.82) is 0 Å². The van der Waals surface area contributed by atoms with Crippen LogP contribution in [0.2, 0.25) is 0 Å². The number of hydrogen-bond donors (Lipinski definition) is 0. The summed E-state index contributed by atoms with van der Waals surface area (Å²) in [5, 5.41) is 1.44. The zero-order chi connectivity index (χ0) is 8.39. The average Bonchev–Trinajstić information content (AvgIpc) is 2.54. The summed E-state index contributed by atoms with van der Waals surface area (Å²) in [4.78, 5) is 0. The lowest BCUT2D eigenvalue weighted by Crippen LogP contribution is -1.60. The molecule has 0 saturated heterocycles. The Bertz CT molecular complexity index is 360. The summed E-state index contributed by atoms with van der Waals surface area (Å²) >= 11 is 0. The van der Waals surface area contributed by atoms with Crippen LogP contribution in [-0.2, 0) is 0 Å². The van der Waals surface area contributed by atoms with Gasteiger partial charge in [-0.05, 0) is 29.4 Å². The predicted octanol–water partition coefficient (Wildman–Crippen LogP) is 3.97. The fourth-order valence-electron chi connectivity index (χ4n) is 1.26. The van der Waals surface area contributed by atoms with Crippen molar-refractivity contribution in [2.24, 2.45) is 0 Å². The van der Waals surface area contributed by atoms with Gasteiger partial charge in [0, 0.05) is 0 Å². The molecule has 0 fully saturated rings. The molecular weight excluding hydrogens is 163 g/mol. The van der Waals surface area contributed by atoms with Gasteiger partial charge in [-0.2, -0.15) is 0 Å². The quantitative estimate of drug-likeness (QED) is 0.613. The Kier molecular flexibility index (Phi) is 2.01. The molecule has 0 radical (unpaired) electrons. The Morgan fingerprint density at radius 3 is 2.33 bits per heavy atom. The fourth-order valence-corrected chi connectivity index (χ4v) is 3.11. The van der Waals surface area contributed by atoms with Crippen molar-refractivity contribution in [3.05, 3.63) is 53.6 Å². The van der Waals surface area contributed by atoms with Crippen molar-refractivity contribution in [1.82, 2.24) is 0 Å². The molecule has 0 saturated carbocycles. The fraction of sp³-hybridized carbons (Fsp3) is 0.0909. The number of benzene rings is 1. The van der Waals surface area contributed by atoms with E-state index in [9.17, 15) is 0 Å². The highest BCUT2D eigenvalue weighted by molar-refractivity contribution is 7.56. The third-order valence-electron chi connectivity index (χ3n) is 1.90. The largest absolute Gasteiger partial charge is 0.0931 e. The van der Waals surface area contributed by atoms with Crippen molar-refractivity contribution in [2.75, 3.05) is 0 Å². The molecule has 1 atom stereocenters. The predicted molar refractivity (Wildman–Crippen MR) is 55.2 cm³/mol. The maximum atomic E-state index is 2.35. The van der Waals surface area contributed by atoms with E-state index in [2.05, 4.69) is 54.9 Å². The molecule has 0 N–H and O–H groups in total. The van der Waals surface area contributed by atoms with Crippen LogP contribution in [-0.4, -0.2) is 0 Å². The van der Waals surface area contributed by atoms with E-state index in [0.717, 1.165) is 0 Å². The van der Waals surface area contributed by atoms with Gasteiger partial charge in [-0.25, -0.2) is 0 Å². The maximum Gasteiger partial charge on any atom is -0.00218 e. The first-order valence-corrected chi connectivity index (χ1v) is 5.54. The summed E-state index contributed by atoms with van der Waals surface area (Å²) in [5.41, 5.74) is 1.39. The standard InChI is InChI=1S/C11H11P/c1-10-7-8-12(9-10)11-5-3-2-4-6-11/h2-9H,1H3. The minimum absolute atomic E-state index is 0.122. The molecular formula is C11H11P. The molecule has 1 unspecified atom stereocenters. The first kappa shape index (κ1) is 7.64. The van der Waals surface area contributed by atoms with Crippen LogP contribution in [0.3, 0.4) is 0 Å². The Morgan fingerprint density at radius 1 is 1.00 bits per heavy atom. The van der Waals surface area contributed by atoms with Crippen LogP contribution in [0.4, 0.5) is 0 Å². The molecule has 0 bridgehead atoms. The van der Waals surface area contributed by atoms with E-state index in [-0.39, 0.29) is 7.53 Å². The monoisotopic (exact) mass is 174 g/mol. The lowest BCUT2D eigenvalue weighted by molar-refractivity contribution is 1.56. The molecule has 0 aliphatic heterocycles. The lowest BCUT2D eigenvalue weighted by Gasteiger charge is -1.95. The van der Waals surface area contributed by atoms with Crippen molar-refractivity contribution >= 4 is 7.53 Å². The molecule has 0 aliphatic rings. The third-order valence-corrected chi connectivity index (χ3v) is 3.95. The van der Waals surface area contributed by atoms with Crippen LogP contribution in [0.25, 0.3) is 5.30 Å². The maximum absolute atomic E-state index is 2.35. The second-order valence-corrected chi connectivity index (χ2v) is 4.82. The van der Waals surface area contributed by atoms with Gasteiger partial charge in [0.05, 0.1) is 0 Å². The summed E-state index contributed by atoms with van der Waals surface area (Å²) in [6.07, 6.45) is 0. The summed E-state index contributed by atoms with van der Waals surface area (Å²) in [6, 6.07) is 12.9. The van der Waals surface area contributed by atoms with Crippen LogP contribution in [0.15, 0.2) is 48.0 Å². The molecule has 0 amide bonds. The van der Waals surface area contributed by atoms with Crippen molar-refractivity contribution in [2.45, 2.75) is 6.92 Å². The first-order chi connectivity index (χ1) is 5.86. The van der Waals surface area contributed by atoms with Crippen molar-refractivity contribution < 1.29 is 0 Å². The van der Waals surface area contributed by atoms with Crippen molar-refractivity contribution in [3.63, 3.8) is 0 Å².